The molecule has 4 heteroatoms. The van der Waals surface area contributed by atoms with Crippen LogP contribution in [0.1, 0.15) is 23.9 Å². The Morgan fingerprint density at radius 2 is 2.15 bits per heavy atom. The van der Waals surface area contributed by atoms with Crippen molar-refractivity contribution in [2.75, 3.05) is 18.0 Å². The van der Waals surface area contributed by atoms with Crippen molar-refractivity contribution in [2.24, 2.45) is 0 Å². The van der Waals surface area contributed by atoms with E-state index in [1.54, 1.807) is 0 Å². The number of nitrogens with one attached hydrogen (secondary N) is 1. The Balaban J connectivity index is 1.90. The summed E-state index contributed by atoms with van der Waals surface area (Å²) in [5, 5.41) is 8.04. The fraction of sp³-hybridized carbons (Fsp3) is 0.438. The summed E-state index contributed by atoms with van der Waals surface area (Å²) in [7, 11) is 0. The van der Waals surface area contributed by atoms with Crippen LogP contribution in [0.5, 0.6) is 0 Å². The molecule has 1 aromatic carbocycles. The van der Waals surface area contributed by atoms with Gasteiger partial charge in [-0.25, -0.2) is 0 Å². The maximum Gasteiger partial charge on any atom is 0.0599 e. The van der Waals surface area contributed by atoms with E-state index in [1.807, 2.05) is 0 Å². The molecule has 0 fully saturated rings. The van der Waals surface area contributed by atoms with E-state index >= 15 is 0 Å². The summed E-state index contributed by atoms with van der Waals surface area (Å²) >= 11 is 0. The molecule has 0 aliphatic carbocycles. The summed E-state index contributed by atoms with van der Waals surface area (Å²) in [5.41, 5.74) is 5.12. The van der Waals surface area contributed by atoms with Crippen LogP contribution >= 0.6 is 0 Å². The lowest BCUT2D eigenvalue weighted by Crippen LogP contribution is -2.29. The minimum Gasteiger partial charge on any atom is -0.364 e. The summed E-state index contributed by atoms with van der Waals surface area (Å²) < 4.78 is 2.11. The van der Waals surface area contributed by atoms with Crippen molar-refractivity contribution >= 4 is 5.69 Å². The Morgan fingerprint density at radius 1 is 1.30 bits per heavy atom. The highest BCUT2D eigenvalue weighted by atomic mass is 15.3. The minimum atomic E-state index is 0.924. The second kappa shape index (κ2) is 5.67. The van der Waals surface area contributed by atoms with Gasteiger partial charge >= 0.3 is 0 Å². The lowest BCUT2D eigenvalue weighted by Gasteiger charge is -2.24. The van der Waals surface area contributed by atoms with E-state index in [1.165, 1.54) is 16.9 Å². The van der Waals surface area contributed by atoms with E-state index in [-0.39, 0.29) is 0 Å². The highest BCUT2D eigenvalue weighted by Gasteiger charge is 2.16. The summed E-state index contributed by atoms with van der Waals surface area (Å²) in [6.45, 7) is 9.07. The number of aryl methyl sites for hydroxylation is 2. The molecule has 106 valence electrons. The van der Waals surface area contributed by atoms with E-state index in [2.05, 4.69) is 64.2 Å². The van der Waals surface area contributed by atoms with Crippen LogP contribution in [-0.2, 0) is 19.6 Å². The average Bonchev–Trinajstić information content (AvgIpc) is 2.69. The number of nitrogens with zero attached hydrogens (tertiary/aromatic N) is 3. The Morgan fingerprint density at radius 3 is 3.00 bits per heavy atom. The first kappa shape index (κ1) is 13.2. The van der Waals surface area contributed by atoms with Gasteiger partial charge in [0.25, 0.3) is 0 Å². The second-order valence-electron chi connectivity index (χ2n) is 5.32. The maximum absolute atomic E-state index is 4.55. The van der Waals surface area contributed by atoms with Gasteiger partial charge in [-0.15, -0.1) is 0 Å². The molecular formula is C16H22N4. The van der Waals surface area contributed by atoms with Crippen molar-refractivity contribution in [1.82, 2.24) is 15.1 Å². The Labute approximate surface area is 120 Å². The van der Waals surface area contributed by atoms with Crippen molar-refractivity contribution in [3.63, 3.8) is 0 Å². The van der Waals surface area contributed by atoms with Crippen molar-refractivity contribution in [1.29, 1.82) is 0 Å². The lowest BCUT2D eigenvalue weighted by atomic mass is 10.1. The van der Waals surface area contributed by atoms with Gasteiger partial charge in [0.05, 0.1) is 17.9 Å². The molecule has 0 bridgehead atoms. The molecular weight excluding hydrogens is 248 g/mol. The van der Waals surface area contributed by atoms with E-state index in [4.69, 9.17) is 0 Å². The Kier molecular flexibility index (Phi) is 3.74. The van der Waals surface area contributed by atoms with Crippen LogP contribution in [0.4, 0.5) is 5.69 Å². The first-order valence-corrected chi connectivity index (χ1v) is 7.35. The van der Waals surface area contributed by atoms with Gasteiger partial charge in [-0.2, -0.15) is 5.10 Å². The molecule has 20 heavy (non-hydrogen) atoms. The molecule has 1 aliphatic rings. The van der Waals surface area contributed by atoms with Crippen LogP contribution in [-0.4, -0.2) is 22.9 Å². The number of para-hydroxylation sites is 1. The fourth-order valence-corrected chi connectivity index (χ4v) is 2.89. The monoisotopic (exact) mass is 270 g/mol. The van der Waals surface area contributed by atoms with Gasteiger partial charge < -0.3 is 10.2 Å². The zero-order valence-electron chi connectivity index (χ0n) is 12.3. The van der Waals surface area contributed by atoms with Gasteiger partial charge in [-0.1, -0.05) is 18.2 Å². The number of anilines is 1. The van der Waals surface area contributed by atoms with E-state index in [9.17, 15) is 0 Å². The third-order valence-electron chi connectivity index (χ3n) is 3.84. The molecule has 3 rings (SSSR count). The highest BCUT2D eigenvalue weighted by Crippen LogP contribution is 2.24. The van der Waals surface area contributed by atoms with E-state index in [0.717, 1.165) is 38.4 Å². The van der Waals surface area contributed by atoms with Gasteiger partial charge in [-0.3, -0.25) is 4.68 Å². The van der Waals surface area contributed by atoms with Crippen molar-refractivity contribution in [2.45, 2.75) is 33.5 Å². The molecule has 0 saturated heterocycles. The third-order valence-corrected chi connectivity index (χ3v) is 3.84. The van der Waals surface area contributed by atoms with Crippen molar-refractivity contribution < 1.29 is 0 Å². The molecule has 1 N–H and O–H groups in total. The minimum absolute atomic E-state index is 0.924. The van der Waals surface area contributed by atoms with Crippen LogP contribution < -0.4 is 10.2 Å². The summed E-state index contributed by atoms with van der Waals surface area (Å²) in [6, 6.07) is 10.9. The first-order valence-electron chi connectivity index (χ1n) is 7.35. The van der Waals surface area contributed by atoms with Crippen LogP contribution in [0.2, 0.25) is 0 Å². The molecule has 0 saturated carbocycles. The predicted octanol–water partition coefficient (Wildman–Crippen LogP) is 2.32. The van der Waals surface area contributed by atoms with Crippen molar-refractivity contribution in [3.8, 4) is 0 Å². The topological polar surface area (TPSA) is 33.1 Å². The Hall–Kier alpha value is -1.81. The fourth-order valence-electron chi connectivity index (χ4n) is 2.89. The van der Waals surface area contributed by atoms with Gasteiger partial charge in [0.2, 0.25) is 0 Å². The summed E-state index contributed by atoms with van der Waals surface area (Å²) in [5.74, 6) is 0. The van der Waals surface area contributed by atoms with Gasteiger partial charge in [-0.05, 0) is 31.5 Å². The SMILES string of the molecule is CCn1nc(C)cc1CN1CCNCc2ccccc21. The molecule has 0 unspecified atom stereocenters. The number of hydrogen-bond acceptors (Lipinski definition) is 3. The number of benzene rings is 1. The molecule has 0 amide bonds. The molecule has 0 radical (unpaired) electrons. The molecule has 1 aromatic heterocycles. The van der Waals surface area contributed by atoms with Gasteiger partial charge in [0.15, 0.2) is 0 Å². The van der Waals surface area contributed by atoms with Crippen LogP contribution in [0.3, 0.4) is 0 Å². The number of rotatable bonds is 3. The van der Waals surface area contributed by atoms with Crippen molar-refractivity contribution in [3.05, 3.63) is 47.3 Å². The largest absolute Gasteiger partial charge is 0.364 e. The second-order valence-corrected chi connectivity index (χ2v) is 5.32. The van der Waals surface area contributed by atoms with Crippen LogP contribution in [0.25, 0.3) is 0 Å². The average molecular weight is 270 g/mol. The first-order chi connectivity index (χ1) is 9.78. The van der Waals surface area contributed by atoms with Gasteiger partial charge in [0, 0.05) is 31.9 Å². The zero-order valence-corrected chi connectivity index (χ0v) is 12.3. The molecule has 1 aliphatic heterocycles. The van der Waals surface area contributed by atoms with Crippen LogP contribution in [0.15, 0.2) is 30.3 Å². The standard InChI is InChI=1S/C16H22N4/c1-3-20-15(10-13(2)18-20)12-19-9-8-17-11-14-6-4-5-7-16(14)19/h4-7,10,17H,3,8-9,11-12H2,1-2H3. The van der Waals surface area contributed by atoms with Crippen LogP contribution in [0, 0.1) is 6.92 Å². The summed E-state index contributed by atoms with van der Waals surface area (Å²) in [4.78, 5) is 2.46. The summed E-state index contributed by atoms with van der Waals surface area (Å²) in [6.07, 6.45) is 0. The number of hydrogen-bond donors (Lipinski definition) is 1. The molecule has 2 aromatic rings. The number of aromatic nitrogens is 2. The zero-order chi connectivity index (χ0) is 13.9. The molecule has 4 nitrogen and oxygen atoms in total. The number of fused-ring (bicyclic) bond motifs is 1. The molecule has 0 spiro atoms. The van der Waals surface area contributed by atoms with E-state index in [0.29, 0.717) is 0 Å². The maximum atomic E-state index is 4.55. The Bertz CT molecular complexity index is 588. The molecule has 2 heterocycles. The molecule has 0 atom stereocenters. The normalized spacial score (nSPS) is 15.0. The van der Waals surface area contributed by atoms with E-state index < -0.39 is 0 Å². The third kappa shape index (κ3) is 2.56. The smallest absolute Gasteiger partial charge is 0.0599 e. The van der Waals surface area contributed by atoms with Gasteiger partial charge in [0.1, 0.15) is 0 Å². The highest BCUT2D eigenvalue weighted by molar-refractivity contribution is 5.54. The lowest BCUT2D eigenvalue weighted by molar-refractivity contribution is 0.602. The quantitative estimate of drug-likeness (QED) is 0.929. The predicted molar refractivity (Wildman–Crippen MR) is 81.8 cm³/mol.